The summed E-state index contributed by atoms with van der Waals surface area (Å²) in [5, 5.41) is 8.39. The van der Waals surface area contributed by atoms with Gasteiger partial charge in [0.1, 0.15) is 0 Å². The Balaban J connectivity index is 3.26. The third-order valence-electron chi connectivity index (χ3n) is 4.36. The van der Waals surface area contributed by atoms with E-state index >= 15 is 0 Å². The monoisotopic (exact) mass is 400 g/mol. The number of carbonyl (C=O) groups excluding carboxylic acids is 1. The van der Waals surface area contributed by atoms with Crippen molar-refractivity contribution in [1.82, 2.24) is 0 Å². The van der Waals surface area contributed by atoms with E-state index in [9.17, 15) is 9.59 Å². The van der Waals surface area contributed by atoms with Gasteiger partial charge in [-0.25, -0.2) is 19.4 Å². The van der Waals surface area contributed by atoms with Crippen LogP contribution < -0.4 is 0 Å². The number of hydrogen-bond acceptors (Lipinski definition) is 5. The smallest absolute Gasteiger partial charge is 0.331 e. The van der Waals surface area contributed by atoms with Crippen molar-refractivity contribution in [2.75, 3.05) is 13.2 Å². The molecular formula is C22H40O6. The van der Waals surface area contributed by atoms with Gasteiger partial charge in [-0.05, 0) is 33.1 Å². The van der Waals surface area contributed by atoms with E-state index in [1.807, 2.05) is 0 Å². The fourth-order valence-electron chi connectivity index (χ4n) is 2.88. The third kappa shape index (κ3) is 19.4. The molecule has 0 fully saturated rings. The van der Waals surface area contributed by atoms with Gasteiger partial charge >= 0.3 is 11.9 Å². The predicted molar refractivity (Wildman–Crippen MR) is 110 cm³/mol. The summed E-state index contributed by atoms with van der Waals surface area (Å²) in [5.74, 6) is -1.74. The van der Waals surface area contributed by atoms with Crippen LogP contribution in [-0.2, 0) is 24.1 Å². The highest BCUT2D eigenvalue weighted by atomic mass is 17.2. The van der Waals surface area contributed by atoms with Crippen molar-refractivity contribution < 1.29 is 29.2 Å². The number of hydrogen-bond donors (Lipinski definition) is 1. The topological polar surface area (TPSA) is 82.1 Å². The van der Waals surface area contributed by atoms with E-state index in [1.165, 1.54) is 38.5 Å². The van der Waals surface area contributed by atoms with E-state index in [2.05, 4.69) is 20.8 Å². The van der Waals surface area contributed by atoms with E-state index < -0.39 is 11.9 Å². The lowest BCUT2D eigenvalue weighted by Gasteiger charge is -2.22. The molecule has 0 aliphatic heterocycles. The molecule has 0 aliphatic rings. The number of rotatable bonds is 19. The molecule has 0 saturated carbocycles. The van der Waals surface area contributed by atoms with Crippen molar-refractivity contribution in [3.05, 3.63) is 12.2 Å². The third-order valence-corrected chi connectivity index (χ3v) is 4.36. The van der Waals surface area contributed by atoms with Gasteiger partial charge in [0.15, 0.2) is 0 Å². The molecule has 0 unspecified atom stereocenters. The molecule has 0 amide bonds. The Kier molecular flexibility index (Phi) is 16.8. The lowest BCUT2D eigenvalue weighted by Crippen LogP contribution is -2.24. The van der Waals surface area contributed by atoms with Crippen molar-refractivity contribution in [2.45, 2.75) is 103 Å². The summed E-state index contributed by atoms with van der Waals surface area (Å²) in [4.78, 5) is 32.2. The standard InChI is InChI=1S/C22H40O6/c1-4-17-22(2,3)28-27-19-14-12-10-8-6-5-7-9-11-13-18-26-21(25)16-15-20(23)24/h15-16H,4-14,17-19H2,1-3H3,(H,23,24). The van der Waals surface area contributed by atoms with Crippen LogP contribution in [0, 0.1) is 0 Å². The first-order valence-electron chi connectivity index (χ1n) is 10.8. The van der Waals surface area contributed by atoms with E-state index in [0.29, 0.717) is 13.2 Å². The minimum atomic E-state index is -1.15. The quantitative estimate of drug-likeness (QED) is 0.0999. The average molecular weight is 401 g/mol. The molecule has 28 heavy (non-hydrogen) atoms. The predicted octanol–water partition coefficient (Wildman–Crippen LogP) is 5.60. The Labute approximate surface area is 170 Å². The fourth-order valence-corrected chi connectivity index (χ4v) is 2.88. The van der Waals surface area contributed by atoms with Crippen molar-refractivity contribution in [2.24, 2.45) is 0 Å². The van der Waals surface area contributed by atoms with Gasteiger partial charge in [0, 0.05) is 12.2 Å². The number of aliphatic carboxylic acids is 1. The molecule has 0 bridgehead atoms. The molecule has 6 heteroatoms. The largest absolute Gasteiger partial charge is 0.478 e. The summed E-state index contributed by atoms with van der Waals surface area (Å²) in [6, 6.07) is 0. The minimum Gasteiger partial charge on any atom is -0.478 e. The zero-order chi connectivity index (χ0) is 21.1. The van der Waals surface area contributed by atoms with Crippen LogP contribution in [0.2, 0.25) is 0 Å². The molecule has 0 atom stereocenters. The minimum absolute atomic E-state index is 0.187. The number of esters is 1. The molecule has 0 aromatic rings. The Morgan fingerprint density at radius 1 is 0.821 bits per heavy atom. The average Bonchev–Trinajstić information content (AvgIpc) is 2.63. The molecule has 0 rings (SSSR count). The van der Waals surface area contributed by atoms with Crippen molar-refractivity contribution in [3.63, 3.8) is 0 Å². The lowest BCUT2D eigenvalue weighted by molar-refractivity contribution is -0.354. The van der Waals surface area contributed by atoms with E-state index in [1.54, 1.807) is 0 Å². The summed E-state index contributed by atoms with van der Waals surface area (Å²) in [7, 11) is 0. The van der Waals surface area contributed by atoms with Gasteiger partial charge in [0.25, 0.3) is 0 Å². The molecular weight excluding hydrogens is 360 g/mol. The van der Waals surface area contributed by atoms with Crippen LogP contribution in [0.1, 0.15) is 97.8 Å². The number of carboxylic acid groups (broad SMARTS) is 1. The van der Waals surface area contributed by atoms with Crippen LogP contribution in [-0.4, -0.2) is 35.9 Å². The van der Waals surface area contributed by atoms with Gasteiger partial charge in [0.05, 0.1) is 18.8 Å². The molecule has 0 radical (unpaired) electrons. The van der Waals surface area contributed by atoms with Crippen LogP contribution in [0.4, 0.5) is 0 Å². The molecule has 0 heterocycles. The number of carbonyl (C=O) groups is 2. The summed E-state index contributed by atoms with van der Waals surface area (Å²) in [6.07, 6.45) is 15.2. The maximum atomic E-state index is 11.1. The summed E-state index contributed by atoms with van der Waals surface area (Å²) < 4.78 is 4.91. The zero-order valence-corrected chi connectivity index (χ0v) is 18.0. The van der Waals surface area contributed by atoms with E-state index in [0.717, 1.165) is 50.7 Å². The Morgan fingerprint density at radius 2 is 1.32 bits per heavy atom. The van der Waals surface area contributed by atoms with Crippen LogP contribution in [0.15, 0.2) is 12.2 Å². The molecule has 164 valence electrons. The molecule has 0 aromatic carbocycles. The molecule has 0 aliphatic carbocycles. The maximum Gasteiger partial charge on any atom is 0.331 e. The van der Waals surface area contributed by atoms with Crippen molar-refractivity contribution in [3.8, 4) is 0 Å². The first-order chi connectivity index (χ1) is 13.4. The maximum absolute atomic E-state index is 11.1. The Hall–Kier alpha value is -1.40. The van der Waals surface area contributed by atoms with E-state index in [4.69, 9.17) is 19.6 Å². The van der Waals surface area contributed by atoms with Crippen LogP contribution >= 0.6 is 0 Å². The van der Waals surface area contributed by atoms with Gasteiger partial charge in [0.2, 0.25) is 0 Å². The SMILES string of the molecule is CCCC(C)(C)OOCCCCCCCCCCCCOC(=O)C=CC(=O)O. The second kappa shape index (κ2) is 17.7. The lowest BCUT2D eigenvalue weighted by atomic mass is 10.0. The Bertz CT molecular complexity index is 431. The highest BCUT2D eigenvalue weighted by Crippen LogP contribution is 2.17. The van der Waals surface area contributed by atoms with Gasteiger partial charge in [-0.15, -0.1) is 0 Å². The van der Waals surface area contributed by atoms with Crippen LogP contribution in [0.3, 0.4) is 0 Å². The number of unbranched alkanes of at least 4 members (excludes halogenated alkanes) is 9. The van der Waals surface area contributed by atoms with Gasteiger partial charge < -0.3 is 9.84 Å². The van der Waals surface area contributed by atoms with E-state index in [-0.39, 0.29) is 5.60 Å². The van der Waals surface area contributed by atoms with Gasteiger partial charge in [-0.2, -0.15) is 0 Å². The summed E-state index contributed by atoms with van der Waals surface area (Å²) in [5.41, 5.74) is -0.187. The molecule has 0 saturated heterocycles. The molecule has 1 N–H and O–H groups in total. The molecule has 6 nitrogen and oxygen atoms in total. The zero-order valence-electron chi connectivity index (χ0n) is 18.0. The highest BCUT2D eigenvalue weighted by molar-refractivity contribution is 5.90. The highest BCUT2D eigenvalue weighted by Gasteiger charge is 2.18. The fraction of sp³-hybridized carbons (Fsp3) is 0.818. The normalized spacial score (nSPS) is 11.8. The second-order valence-electron chi connectivity index (χ2n) is 7.79. The van der Waals surface area contributed by atoms with Gasteiger partial charge in [-0.3, -0.25) is 0 Å². The summed E-state index contributed by atoms with van der Waals surface area (Å²) >= 11 is 0. The number of ether oxygens (including phenoxy) is 1. The second-order valence-corrected chi connectivity index (χ2v) is 7.79. The number of carboxylic acids is 1. The summed E-state index contributed by atoms with van der Waals surface area (Å²) in [6.45, 7) is 7.28. The van der Waals surface area contributed by atoms with Crippen molar-refractivity contribution >= 4 is 11.9 Å². The molecule has 0 spiro atoms. The van der Waals surface area contributed by atoms with Crippen molar-refractivity contribution in [1.29, 1.82) is 0 Å². The Morgan fingerprint density at radius 3 is 1.82 bits per heavy atom. The first kappa shape index (κ1) is 26.6. The van der Waals surface area contributed by atoms with Crippen LogP contribution in [0.25, 0.3) is 0 Å². The molecule has 0 aromatic heterocycles. The van der Waals surface area contributed by atoms with Crippen LogP contribution in [0.5, 0.6) is 0 Å². The first-order valence-corrected chi connectivity index (χ1v) is 10.8. The van der Waals surface area contributed by atoms with Gasteiger partial charge in [-0.1, -0.05) is 64.7 Å².